The Kier molecular flexibility index (Phi) is 5.21. The van der Waals surface area contributed by atoms with Crippen LogP contribution >= 0.6 is 0 Å². The predicted molar refractivity (Wildman–Crippen MR) is 77.4 cm³/mol. The fourth-order valence-corrected chi connectivity index (χ4v) is 1.65. The molecule has 8 nitrogen and oxygen atoms in total. The Labute approximate surface area is 126 Å². The molecule has 2 aromatic rings. The molecule has 0 spiro atoms. The number of nitrogens with one attached hydrogen (secondary N) is 1. The zero-order valence-electron chi connectivity index (χ0n) is 12.0. The third kappa shape index (κ3) is 3.89. The van der Waals surface area contributed by atoms with Crippen LogP contribution < -0.4 is 15.8 Å². The third-order valence-electron chi connectivity index (χ3n) is 2.71. The van der Waals surface area contributed by atoms with Gasteiger partial charge in [-0.3, -0.25) is 14.9 Å². The SMILES string of the molecule is CCc1noc(NC(=O)c2ccccc2OC(=O)CCN)n1. The first kappa shape index (κ1) is 15.6. The second kappa shape index (κ2) is 7.32. The summed E-state index contributed by atoms with van der Waals surface area (Å²) in [5, 5.41) is 6.14. The van der Waals surface area contributed by atoms with Gasteiger partial charge in [-0.05, 0) is 12.1 Å². The molecule has 22 heavy (non-hydrogen) atoms. The number of carbonyl (C=O) groups excluding carboxylic acids is 2. The predicted octanol–water partition coefficient (Wildman–Crippen LogP) is 1.14. The first-order chi connectivity index (χ1) is 10.6. The Morgan fingerprint density at radius 3 is 2.82 bits per heavy atom. The van der Waals surface area contributed by atoms with Crippen LogP contribution in [0.3, 0.4) is 0 Å². The van der Waals surface area contributed by atoms with Crippen molar-refractivity contribution in [3.05, 3.63) is 35.7 Å². The Morgan fingerprint density at radius 2 is 2.14 bits per heavy atom. The van der Waals surface area contributed by atoms with Crippen LogP contribution in [0.2, 0.25) is 0 Å². The van der Waals surface area contributed by atoms with Crippen LogP contribution in [0.25, 0.3) is 0 Å². The molecule has 0 bridgehead atoms. The van der Waals surface area contributed by atoms with E-state index in [4.69, 9.17) is 15.0 Å². The Hall–Kier alpha value is -2.74. The van der Waals surface area contributed by atoms with Gasteiger partial charge in [0.25, 0.3) is 5.91 Å². The summed E-state index contributed by atoms with van der Waals surface area (Å²) in [6.07, 6.45) is 0.659. The average molecular weight is 304 g/mol. The van der Waals surface area contributed by atoms with Gasteiger partial charge >= 0.3 is 12.0 Å². The van der Waals surface area contributed by atoms with Crippen molar-refractivity contribution < 1.29 is 18.8 Å². The maximum absolute atomic E-state index is 12.2. The van der Waals surface area contributed by atoms with Gasteiger partial charge in [0, 0.05) is 13.0 Å². The van der Waals surface area contributed by atoms with E-state index < -0.39 is 11.9 Å². The number of hydrogen-bond donors (Lipinski definition) is 2. The zero-order valence-corrected chi connectivity index (χ0v) is 12.0. The summed E-state index contributed by atoms with van der Waals surface area (Å²) in [5.74, 6) is -0.386. The third-order valence-corrected chi connectivity index (χ3v) is 2.71. The highest BCUT2D eigenvalue weighted by atomic mass is 16.5. The number of anilines is 1. The summed E-state index contributed by atoms with van der Waals surface area (Å²) in [7, 11) is 0. The van der Waals surface area contributed by atoms with Gasteiger partial charge in [-0.15, -0.1) is 0 Å². The molecular weight excluding hydrogens is 288 g/mol. The molecule has 1 heterocycles. The van der Waals surface area contributed by atoms with Gasteiger partial charge in [0.15, 0.2) is 5.82 Å². The lowest BCUT2D eigenvalue weighted by Crippen LogP contribution is -2.18. The minimum absolute atomic E-state index is 0.00932. The maximum atomic E-state index is 12.2. The quantitative estimate of drug-likeness (QED) is 0.606. The molecule has 0 atom stereocenters. The van der Waals surface area contributed by atoms with Crippen molar-refractivity contribution in [2.45, 2.75) is 19.8 Å². The zero-order chi connectivity index (χ0) is 15.9. The van der Waals surface area contributed by atoms with Crippen molar-refractivity contribution in [2.24, 2.45) is 5.73 Å². The number of benzene rings is 1. The first-order valence-electron chi connectivity index (χ1n) is 6.77. The van der Waals surface area contributed by atoms with E-state index in [0.29, 0.717) is 12.2 Å². The van der Waals surface area contributed by atoms with E-state index >= 15 is 0 Å². The number of esters is 1. The summed E-state index contributed by atoms with van der Waals surface area (Å²) in [4.78, 5) is 27.7. The normalized spacial score (nSPS) is 10.3. The molecule has 0 saturated heterocycles. The fraction of sp³-hybridized carbons (Fsp3) is 0.286. The van der Waals surface area contributed by atoms with E-state index in [1.807, 2.05) is 6.92 Å². The number of para-hydroxylation sites is 1. The van der Waals surface area contributed by atoms with E-state index in [1.165, 1.54) is 12.1 Å². The van der Waals surface area contributed by atoms with Crippen molar-refractivity contribution in [1.29, 1.82) is 0 Å². The number of nitrogens with zero attached hydrogens (tertiary/aromatic N) is 2. The Morgan fingerprint density at radius 1 is 1.36 bits per heavy atom. The van der Waals surface area contributed by atoms with E-state index in [2.05, 4.69) is 15.5 Å². The lowest BCUT2D eigenvalue weighted by Gasteiger charge is -2.08. The summed E-state index contributed by atoms with van der Waals surface area (Å²) < 4.78 is 10.0. The number of hydrogen-bond acceptors (Lipinski definition) is 7. The van der Waals surface area contributed by atoms with E-state index in [1.54, 1.807) is 12.1 Å². The second-order valence-electron chi connectivity index (χ2n) is 4.33. The highest BCUT2D eigenvalue weighted by Crippen LogP contribution is 2.20. The van der Waals surface area contributed by atoms with Crippen molar-refractivity contribution in [1.82, 2.24) is 10.1 Å². The minimum atomic E-state index is -0.512. The largest absolute Gasteiger partial charge is 0.426 e. The lowest BCUT2D eigenvalue weighted by atomic mass is 10.2. The monoisotopic (exact) mass is 304 g/mol. The molecule has 1 aromatic heterocycles. The van der Waals surface area contributed by atoms with E-state index in [0.717, 1.165) is 0 Å². The molecule has 0 fully saturated rings. The van der Waals surface area contributed by atoms with E-state index in [-0.39, 0.29) is 30.3 Å². The number of rotatable bonds is 6. The van der Waals surface area contributed by atoms with Gasteiger partial charge < -0.3 is 15.0 Å². The summed E-state index contributed by atoms with van der Waals surface area (Å²) in [5.41, 5.74) is 5.48. The molecule has 0 saturated carbocycles. The van der Waals surface area contributed by atoms with Crippen molar-refractivity contribution >= 4 is 17.9 Å². The van der Waals surface area contributed by atoms with Crippen LogP contribution in [0.5, 0.6) is 5.75 Å². The second-order valence-corrected chi connectivity index (χ2v) is 4.33. The summed E-state index contributed by atoms with van der Waals surface area (Å²) >= 11 is 0. The van der Waals surface area contributed by atoms with Gasteiger partial charge in [-0.1, -0.05) is 24.2 Å². The molecule has 0 aliphatic rings. The molecule has 0 aliphatic carbocycles. The highest BCUT2D eigenvalue weighted by molar-refractivity contribution is 6.05. The molecule has 0 aliphatic heterocycles. The van der Waals surface area contributed by atoms with Crippen molar-refractivity contribution in [3.63, 3.8) is 0 Å². The smallest absolute Gasteiger partial charge is 0.328 e. The van der Waals surface area contributed by atoms with E-state index in [9.17, 15) is 9.59 Å². The summed E-state index contributed by atoms with van der Waals surface area (Å²) in [6, 6.07) is 6.35. The number of ether oxygens (including phenoxy) is 1. The molecular formula is C14H16N4O4. The van der Waals surface area contributed by atoms with Crippen LogP contribution in [0.4, 0.5) is 6.01 Å². The molecule has 0 radical (unpaired) electrons. The van der Waals surface area contributed by atoms with Crippen molar-refractivity contribution in [3.8, 4) is 5.75 Å². The molecule has 1 amide bonds. The van der Waals surface area contributed by atoms with Crippen LogP contribution in [0, 0.1) is 0 Å². The minimum Gasteiger partial charge on any atom is -0.426 e. The number of nitrogens with two attached hydrogens (primary N) is 1. The Bertz CT molecular complexity index is 668. The lowest BCUT2D eigenvalue weighted by molar-refractivity contribution is -0.134. The number of amides is 1. The van der Waals surface area contributed by atoms with Gasteiger partial charge in [-0.25, -0.2) is 0 Å². The average Bonchev–Trinajstić information content (AvgIpc) is 2.95. The van der Waals surface area contributed by atoms with Crippen molar-refractivity contribution in [2.75, 3.05) is 11.9 Å². The van der Waals surface area contributed by atoms with Crippen LogP contribution in [-0.4, -0.2) is 28.6 Å². The standard InChI is InChI=1S/C14H16N4O4/c1-2-11-16-14(22-18-11)17-13(20)9-5-3-4-6-10(9)21-12(19)7-8-15/h3-6H,2,7-8,15H2,1H3,(H,16,17,18,20). The van der Waals surface area contributed by atoms with Crippen LogP contribution in [-0.2, 0) is 11.2 Å². The van der Waals surface area contributed by atoms with Gasteiger partial charge in [0.05, 0.1) is 12.0 Å². The van der Waals surface area contributed by atoms with Gasteiger partial charge in [0.1, 0.15) is 5.75 Å². The molecule has 0 unspecified atom stereocenters. The Balaban J connectivity index is 2.13. The molecule has 116 valence electrons. The molecule has 8 heteroatoms. The first-order valence-corrected chi connectivity index (χ1v) is 6.77. The van der Waals surface area contributed by atoms with Crippen LogP contribution in [0.1, 0.15) is 29.5 Å². The number of aromatic nitrogens is 2. The van der Waals surface area contributed by atoms with Gasteiger partial charge in [-0.2, -0.15) is 4.98 Å². The molecule has 2 rings (SSSR count). The maximum Gasteiger partial charge on any atom is 0.328 e. The molecule has 1 aromatic carbocycles. The number of aryl methyl sites for hydroxylation is 1. The van der Waals surface area contributed by atoms with Crippen LogP contribution in [0.15, 0.2) is 28.8 Å². The van der Waals surface area contributed by atoms with Gasteiger partial charge in [0.2, 0.25) is 0 Å². The topological polar surface area (TPSA) is 120 Å². The summed E-state index contributed by atoms with van der Waals surface area (Å²) in [6.45, 7) is 2.04. The fourth-order valence-electron chi connectivity index (χ4n) is 1.65. The number of carbonyl (C=O) groups is 2. The highest BCUT2D eigenvalue weighted by Gasteiger charge is 2.17. The molecule has 3 N–H and O–H groups in total.